The second-order valence-corrected chi connectivity index (χ2v) is 5.79. The number of halogens is 3. The van der Waals surface area contributed by atoms with Crippen LogP contribution in [0, 0.1) is 6.92 Å². The van der Waals surface area contributed by atoms with Crippen LogP contribution < -0.4 is 5.32 Å². The molecule has 0 heterocycles. The number of aryl methyl sites for hydroxylation is 1. The zero-order valence-electron chi connectivity index (χ0n) is 9.81. The fourth-order valence-electron chi connectivity index (χ4n) is 1.67. The second-order valence-electron chi connectivity index (χ2n) is 4.06. The molecule has 0 fully saturated rings. The van der Waals surface area contributed by atoms with E-state index in [9.17, 15) is 0 Å². The average molecular weight is 345 g/mol. The van der Waals surface area contributed by atoms with Gasteiger partial charge in [-0.25, -0.2) is 0 Å². The van der Waals surface area contributed by atoms with Crippen LogP contribution in [0.25, 0.3) is 0 Å². The fraction of sp³-hybridized carbons (Fsp3) is 0.143. The van der Waals surface area contributed by atoms with Crippen LogP contribution in [0.4, 0.5) is 5.69 Å². The SMILES string of the molecule is Cc1cc(Br)ccc1NCc1ccc(Cl)c(Cl)c1. The number of anilines is 1. The third-order valence-electron chi connectivity index (χ3n) is 2.66. The van der Waals surface area contributed by atoms with E-state index < -0.39 is 0 Å². The Labute approximate surface area is 125 Å². The first kappa shape index (κ1) is 13.7. The van der Waals surface area contributed by atoms with Gasteiger partial charge in [-0.3, -0.25) is 0 Å². The molecule has 0 saturated heterocycles. The lowest BCUT2D eigenvalue weighted by molar-refractivity contribution is 1.14. The first-order valence-corrected chi connectivity index (χ1v) is 7.05. The molecule has 18 heavy (non-hydrogen) atoms. The lowest BCUT2D eigenvalue weighted by atomic mass is 10.2. The molecule has 0 spiro atoms. The van der Waals surface area contributed by atoms with Gasteiger partial charge in [-0.15, -0.1) is 0 Å². The van der Waals surface area contributed by atoms with Gasteiger partial charge in [-0.05, 0) is 48.4 Å². The summed E-state index contributed by atoms with van der Waals surface area (Å²) in [5.41, 5.74) is 3.42. The van der Waals surface area contributed by atoms with E-state index in [-0.39, 0.29) is 0 Å². The Hall–Kier alpha value is -0.700. The van der Waals surface area contributed by atoms with E-state index in [1.807, 2.05) is 24.3 Å². The minimum Gasteiger partial charge on any atom is -0.381 e. The van der Waals surface area contributed by atoms with Crippen molar-refractivity contribution in [2.24, 2.45) is 0 Å². The van der Waals surface area contributed by atoms with Crippen molar-refractivity contribution in [2.45, 2.75) is 13.5 Å². The highest BCUT2D eigenvalue weighted by Crippen LogP contribution is 2.24. The van der Waals surface area contributed by atoms with Gasteiger partial charge in [0.05, 0.1) is 10.0 Å². The second kappa shape index (κ2) is 5.96. The summed E-state index contributed by atoms with van der Waals surface area (Å²) in [6.07, 6.45) is 0. The van der Waals surface area contributed by atoms with Crippen molar-refractivity contribution in [3.05, 3.63) is 62.0 Å². The zero-order chi connectivity index (χ0) is 13.1. The lowest BCUT2D eigenvalue weighted by Gasteiger charge is -2.10. The van der Waals surface area contributed by atoms with Crippen LogP contribution >= 0.6 is 39.1 Å². The maximum Gasteiger partial charge on any atom is 0.0595 e. The van der Waals surface area contributed by atoms with Crippen LogP contribution in [0.3, 0.4) is 0 Å². The highest BCUT2D eigenvalue weighted by atomic mass is 79.9. The summed E-state index contributed by atoms with van der Waals surface area (Å²) in [5.74, 6) is 0. The Kier molecular flexibility index (Phi) is 4.55. The highest BCUT2D eigenvalue weighted by molar-refractivity contribution is 9.10. The number of hydrogen-bond donors (Lipinski definition) is 1. The average Bonchev–Trinajstić information content (AvgIpc) is 2.32. The highest BCUT2D eigenvalue weighted by Gasteiger charge is 2.01. The molecule has 0 aliphatic heterocycles. The molecule has 0 aliphatic rings. The van der Waals surface area contributed by atoms with E-state index in [1.54, 1.807) is 0 Å². The van der Waals surface area contributed by atoms with E-state index in [0.29, 0.717) is 10.0 Å². The number of rotatable bonds is 3. The van der Waals surface area contributed by atoms with Gasteiger partial charge >= 0.3 is 0 Å². The first-order chi connectivity index (χ1) is 8.56. The van der Waals surface area contributed by atoms with Crippen molar-refractivity contribution in [1.29, 1.82) is 0 Å². The predicted molar refractivity (Wildman–Crippen MR) is 82.7 cm³/mol. The number of nitrogens with one attached hydrogen (secondary N) is 1. The van der Waals surface area contributed by atoms with Crippen molar-refractivity contribution in [3.63, 3.8) is 0 Å². The molecule has 0 unspecified atom stereocenters. The minimum atomic E-state index is 0.584. The molecule has 0 saturated carbocycles. The van der Waals surface area contributed by atoms with Crippen molar-refractivity contribution in [3.8, 4) is 0 Å². The Morgan fingerprint density at radius 2 is 1.83 bits per heavy atom. The van der Waals surface area contributed by atoms with Gasteiger partial charge in [0.25, 0.3) is 0 Å². The smallest absolute Gasteiger partial charge is 0.0595 e. The lowest BCUT2D eigenvalue weighted by Crippen LogP contribution is -2.00. The summed E-state index contributed by atoms with van der Waals surface area (Å²) in [7, 11) is 0. The van der Waals surface area contributed by atoms with Crippen LogP contribution in [0.1, 0.15) is 11.1 Å². The van der Waals surface area contributed by atoms with Crippen molar-refractivity contribution < 1.29 is 0 Å². The summed E-state index contributed by atoms with van der Waals surface area (Å²) < 4.78 is 1.08. The molecule has 2 aromatic carbocycles. The molecule has 0 atom stereocenters. The normalized spacial score (nSPS) is 10.4. The molecule has 0 aliphatic carbocycles. The van der Waals surface area contributed by atoms with E-state index in [4.69, 9.17) is 23.2 Å². The van der Waals surface area contributed by atoms with Gasteiger partial charge < -0.3 is 5.32 Å². The van der Waals surface area contributed by atoms with Gasteiger partial charge in [-0.2, -0.15) is 0 Å². The van der Waals surface area contributed by atoms with Crippen LogP contribution in [-0.4, -0.2) is 0 Å². The summed E-state index contributed by atoms with van der Waals surface area (Å²) in [5, 5.41) is 4.55. The largest absolute Gasteiger partial charge is 0.381 e. The molecular weight excluding hydrogens is 333 g/mol. The molecule has 0 radical (unpaired) electrons. The van der Waals surface area contributed by atoms with E-state index >= 15 is 0 Å². The van der Waals surface area contributed by atoms with E-state index in [0.717, 1.165) is 22.3 Å². The molecular formula is C14H12BrCl2N. The van der Waals surface area contributed by atoms with Gasteiger partial charge in [0.1, 0.15) is 0 Å². The molecule has 0 amide bonds. The minimum absolute atomic E-state index is 0.584. The summed E-state index contributed by atoms with van der Waals surface area (Å²) in [4.78, 5) is 0. The Morgan fingerprint density at radius 3 is 2.50 bits per heavy atom. The standard InChI is InChI=1S/C14H12BrCl2N/c1-9-6-11(15)3-5-14(9)18-8-10-2-4-12(16)13(17)7-10/h2-7,18H,8H2,1H3. The van der Waals surface area contributed by atoms with Crippen LogP contribution in [0.15, 0.2) is 40.9 Å². The zero-order valence-corrected chi connectivity index (χ0v) is 12.9. The summed E-state index contributed by atoms with van der Waals surface area (Å²) in [6.45, 7) is 2.79. The Bertz CT molecular complexity index is 570. The Balaban J connectivity index is 2.09. The molecule has 2 aromatic rings. The summed E-state index contributed by atoms with van der Waals surface area (Å²) in [6, 6.07) is 11.8. The molecule has 1 N–H and O–H groups in total. The van der Waals surface area contributed by atoms with Crippen LogP contribution in [0.2, 0.25) is 10.0 Å². The van der Waals surface area contributed by atoms with E-state index in [2.05, 4.69) is 40.3 Å². The summed E-state index contributed by atoms with van der Waals surface area (Å²) >= 11 is 15.3. The van der Waals surface area contributed by atoms with Crippen molar-refractivity contribution >= 4 is 44.8 Å². The molecule has 4 heteroatoms. The van der Waals surface area contributed by atoms with Crippen molar-refractivity contribution in [2.75, 3.05) is 5.32 Å². The molecule has 0 bridgehead atoms. The molecule has 94 valence electrons. The third kappa shape index (κ3) is 3.41. The maximum atomic E-state index is 5.98. The van der Waals surface area contributed by atoms with Gasteiger partial charge in [-0.1, -0.05) is 45.2 Å². The third-order valence-corrected chi connectivity index (χ3v) is 3.89. The Morgan fingerprint density at radius 1 is 1.06 bits per heavy atom. The number of benzene rings is 2. The predicted octanol–water partition coefficient (Wildman–Crippen LogP) is 5.68. The van der Waals surface area contributed by atoms with Gasteiger partial charge in [0.15, 0.2) is 0 Å². The topological polar surface area (TPSA) is 12.0 Å². The van der Waals surface area contributed by atoms with E-state index in [1.165, 1.54) is 5.56 Å². The number of hydrogen-bond acceptors (Lipinski definition) is 1. The molecule has 1 nitrogen and oxygen atoms in total. The van der Waals surface area contributed by atoms with Gasteiger partial charge in [0, 0.05) is 16.7 Å². The molecule has 2 rings (SSSR count). The quantitative estimate of drug-likeness (QED) is 0.755. The van der Waals surface area contributed by atoms with Crippen LogP contribution in [-0.2, 0) is 6.54 Å². The fourth-order valence-corrected chi connectivity index (χ4v) is 2.47. The van der Waals surface area contributed by atoms with Crippen molar-refractivity contribution in [1.82, 2.24) is 0 Å². The first-order valence-electron chi connectivity index (χ1n) is 5.50. The van der Waals surface area contributed by atoms with Crippen LogP contribution in [0.5, 0.6) is 0 Å². The maximum absolute atomic E-state index is 5.98. The van der Waals surface area contributed by atoms with Gasteiger partial charge in [0.2, 0.25) is 0 Å². The monoisotopic (exact) mass is 343 g/mol. The molecule has 0 aromatic heterocycles.